The third kappa shape index (κ3) is 2.52. The van der Waals surface area contributed by atoms with Crippen LogP contribution in [0.15, 0.2) is 23.1 Å². The molecule has 1 rings (SSSR count). The van der Waals surface area contributed by atoms with Crippen LogP contribution in [0.1, 0.15) is 5.56 Å². The Hall–Kier alpha value is -0.460. The zero-order chi connectivity index (χ0) is 10.8. The van der Waals surface area contributed by atoms with Crippen molar-refractivity contribution in [3.8, 4) is 0 Å². The Morgan fingerprint density at radius 2 is 2.07 bits per heavy atom. The molecule has 0 aliphatic carbocycles. The summed E-state index contributed by atoms with van der Waals surface area (Å²) in [6, 6.07) is 3.45. The Kier molecular flexibility index (Phi) is 3.63. The summed E-state index contributed by atoms with van der Waals surface area (Å²) in [5.74, 6) is -0.665. The molecule has 0 amide bonds. The van der Waals surface area contributed by atoms with Crippen LogP contribution in [0.3, 0.4) is 0 Å². The van der Waals surface area contributed by atoms with E-state index in [4.69, 9.17) is 0 Å². The number of benzene rings is 1. The van der Waals surface area contributed by atoms with Gasteiger partial charge in [0.2, 0.25) is 0 Å². The molecule has 0 aromatic heterocycles. The lowest BCUT2D eigenvalue weighted by Gasteiger charge is -2.12. The Bertz CT molecular complexity index is 430. The topological polar surface area (TPSA) is 57.2 Å². The first-order valence-corrected chi connectivity index (χ1v) is 6.29. The molecular weight excluding hydrogens is 275 g/mol. The summed E-state index contributed by atoms with van der Waals surface area (Å²) in [5, 5.41) is 0.399. The van der Waals surface area contributed by atoms with Gasteiger partial charge in [0, 0.05) is 10.9 Å². The number of halogens is 2. The van der Waals surface area contributed by atoms with Crippen molar-refractivity contribution >= 4 is 26.0 Å². The van der Waals surface area contributed by atoms with Gasteiger partial charge in [-0.25, -0.2) is 12.8 Å². The van der Waals surface area contributed by atoms with Crippen LogP contribution in [0.25, 0.3) is 0 Å². The van der Waals surface area contributed by atoms with Crippen molar-refractivity contribution in [3.05, 3.63) is 29.6 Å². The van der Waals surface area contributed by atoms with Gasteiger partial charge in [-0.1, -0.05) is 22.0 Å². The van der Waals surface area contributed by atoms with E-state index in [0.29, 0.717) is 5.33 Å². The highest BCUT2D eigenvalue weighted by molar-refractivity contribution is 9.09. The second kappa shape index (κ2) is 4.37. The third-order valence-electron chi connectivity index (χ3n) is 1.69. The van der Waals surface area contributed by atoms with Crippen LogP contribution in [0.4, 0.5) is 4.39 Å². The van der Waals surface area contributed by atoms with Crippen LogP contribution in [0, 0.1) is 5.82 Å². The maximum absolute atomic E-state index is 13.1. The first kappa shape index (κ1) is 11.6. The fourth-order valence-corrected chi connectivity index (χ4v) is 2.25. The molecule has 0 spiro atoms. The van der Waals surface area contributed by atoms with Gasteiger partial charge in [-0.2, -0.15) is 0 Å². The van der Waals surface area contributed by atoms with Gasteiger partial charge >= 0.3 is 0 Å². The van der Waals surface area contributed by atoms with E-state index in [2.05, 4.69) is 15.9 Å². The van der Waals surface area contributed by atoms with Crippen molar-refractivity contribution in [3.63, 3.8) is 0 Å². The highest BCUT2D eigenvalue weighted by Gasteiger charge is 2.12. The maximum Gasteiger partial charge on any atom is 0.127 e. The largest absolute Gasteiger partial charge is 0.744 e. The first-order valence-electron chi connectivity index (χ1n) is 3.76. The van der Waals surface area contributed by atoms with Gasteiger partial charge in [0.1, 0.15) is 15.9 Å². The lowest BCUT2D eigenvalue weighted by Crippen LogP contribution is -2.06. The molecule has 0 unspecified atom stereocenters. The zero-order valence-corrected chi connectivity index (χ0v) is 9.44. The van der Waals surface area contributed by atoms with E-state index in [9.17, 15) is 17.4 Å². The normalized spacial score (nSPS) is 11.6. The number of alkyl halides is 1. The Morgan fingerprint density at radius 3 is 2.57 bits per heavy atom. The van der Waals surface area contributed by atoms with Crippen LogP contribution >= 0.6 is 15.9 Å². The Labute approximate surface area is 89.8 Å². The average molecular weight is 282 g/mol. The van der Waals surface area contributed by atoms with Crippen LogP contribution in [0.2, 0.25) is 0 Å². The van der Waals surface area contributed by atoms with Crippen LogP contribution < -0.4 is 0 Å². The average Bonchev–Trinajstić information content (AvgIpc) is 2.07. The lowest BCUT2D eigenvalue weighted by molar-refractivity contribution is 0.460. The molecule has 0 N–H and O–H groups in total. The van der Waals surface area contributed by atoms with Crippen molar-refractivity contribution in [2.45, 2.75) is 11.3 Å². The van der Waals surface area contributed by atoms with Gasteiger partial charge in [0.15, 0.2) is 0 Å². The molecule has 0 aliphatic heterocycles. The van der Waals surface area contributed by atoms with Gasteiger partial charge in [-0.3, -0.25) is 0 Å². The summed E-state index contributed by atoms with van der Waals surface area (Å²) in [7, 11) is -4.59. The smallest absolute Gasteiger partial charge is 0.127 e. The molecule has 14 heavy (non-hydrogen) atoms. The maximum atomic E-state index is 13.1. The van der Waals surface area contributed by atoms with Crippen LogP contribution in [-0.2, 0) is 16.5 Å². The van der Waals surface area contributed by atoms with Crippen LogP contribution in [0.5, 0.6) is 0 Å². The molecule has 0 bridgehead atoms. The molecule has 0 atom stereocenters. The second-order valence-corrected chi connectivity index (χ2v) is 4.75. The quantitative estimate of drug-likeness (QED) is 0.626. The minimum absolute atomic E-state index is 0.0561. The fourth-order valence-electron chi connectivity index (χ4n) is 1.11. The van der Waals surface area contributed by atoms with E-state index in [1.54, 1.807) is 0 Å². The summed E-state index contributed by atoms with van der Waals surface area (Å²) >= 11 is 3.06. The SMILES string of the molecule is O=S(=O)([O-])c1cccc(F)c1CCBr. The molecule has 0 saturated heterocycles. The summed E-state index contributed by atoms with van der Waals surface area (Å²) in [4.78, 5) is -0.475. The standard InChI is InChI=1S/C8H8BrFO3S/c9-5-4-6-7(10)2-1-3-8(6)14(11,12)13/h1-3H,4-5H2,(H,11,12,13)/p-1. The molecule has 6 heteroatoms. The molecule has 3 nitrogen and oxygen atoms in total. The van der Waals surface area contributed by atoms with Crippen molar-refractivity contribution in [1.29, 1.82) is 0 Å². The number of hydrogen-bond donors (Lipinski definition) is 0. The molecular formula is C8H7BrFO3S-. The van der Waals surface area contributed by atoms with Gasteiger partial charge in [0.25, 0.3) is 0 Å². The lowest BCUT2D eigenvalue weighted by atomic mass is 10.1. The van der Waals surface area contributed by atoms with Crippen molar-refractivity contribution in [1.82, 2.24) is 0 Å². The number of hydrogen-bond acceptors (Lipinski definition) is 3. The molecule has 1 aromatic rings. The van der Waals surface area contributed by atoms with Gasteiger partial charge in [-0.05, 0) is 18.6 Å². The van der Waals surface area contributed by atoms with Crippen molar-refractivity contribution in [2.24, 2.45) is 0 Å². The predicted octanol–water partition coefficient (Wildman–Crippen LogP) is 1.67. The fraction of sp³-hybridized carbons (Fsp3) is 0.250. The predicted molar refractivity (Wildman–Crippen MR) is 51.9 cm³/mol. The Balaban J connectivity index is 3.36. The molecule has 0 radical (unpaired) electrons. The molecule has 0 aliphatic rings. The monoisotopic (exact) mass is 281 g/mol. The summed E-state index contributed by atoms with van der Waals surface area (Å²) in [6.45, 7) is 0. The van der Waals surface area contributed by atoms with Crippen molar-refractivity contribution in [2.75, 3.05) is 5.33 Å². The summed E-state index contributed by atoms with van der Waals surface area (Å²) in [5.41, 5.74) is -0.0561. The summed E-state index contributed by atoms with van der Waals surface area (Å²) < 4.78 is 45.4. The van der Waals surface area contributed by atoms with Gasteiger partial charge in [-0.15, -0.1) is 0 Å². The van der Waals surface area contributed by atoms with E-state index < -0.39 is 20.8 Å². The minimum atomic E-state index is -4.59. The summed E-state index contributed by atoms with van der Waals surface area (Å²) in [6.07, 6.45) is 0.170. The van der Waals surface area contributed by atoms with E-state index in [0.717, 1.165) is 12.1 Å². The molecule has 0 fully saturated rings. The molecule has 0 saturated carbocycles. The number of rotatable bonds is 3. The van der Waals surface area contributed by atoms with Crippen LogP contribution in [-0.4, -0.2) is 18.3 Å². The van der Waals surface area contributed by atoms with E-state index in [1.807, 2.05) is 0 Å². The van der Waals surface area contributed by atoms with Crippen molar-refractivity contribution < 1.29 is 17.4 Å². The molecule has 1 aromatic carbocycles. The van der Waals surface area contributed by atoms with E-state index in [1.165, 1.54) is 6.07 Å². The Morgan fingerprint density at radius 1 is 1.43 bits per heavy atom. The van der Waals surface area contributed by atoms with E-state index >= 15 is 0 Å². The van der Waals surface area contributed by atoms with Gasteiger partial charge < -0.3 is 4.55 Å². The first-order chi connectivity index (χ1) is 6.46. The molecule has 0 heterocycles. The third-order valence-corrected chi connectivity index (χ3v) is 3.01. The zero-order valence-electron chi connectivity index (χ0n) is 7.04. The minimum Gasteiger partial charge on any atom is -0.744 e. The highest BCUT2D eigenvalue weighted by atomic mass is 79.9. The highest BCUT2D eigenvalue weighted by Crippen LogP contribution is 2.19. The van der Waals surface area contributed by atoms with E-state index in [-0.39, 0.29) is 12.0 Å². The molecule has 78 valence electrons. The van der Waals surface area contributed by atoms with Gasteiger partial charge in [0.05, 0.1) is 4.90 Å². The second-order valence-electron chi connectivity index (χ2n) is 2.61.